The van der Waals surface area contributed by atoms with E-state index in [1.807, 2.05) is 30.3 Å². The number of carbonyl (C=O) groups is 1. The lowest BCUT2D eigenvalue weighted by atomic mass is 10.1. The number of rotatable bonds is 7. The summed E-state index contributed by atoms with van der Waals surface area (Å²) in [4.78, 5) is 34.6. The van der Waals surface area contributed by atoms with Gasteiger partial charge in [-0.15, -0.1) is 0 Å². The smallest absolute Gasteiger partial charge is 0.267 e. The summed E-state index contributed by atoms with van der Waals surface area (Å²) in [5, 5.41) is 5.82. The fourth-order valence-electron chi connectivity index (χ4n) is 4.36. The molecule has 0 saturated heterocycles. The first-order valence-corrected chi connectivity index (χ1v) is 12.7. The Morgan fingerprint density at radius 1 is 0.952 bits per heavy atom. The predicted molar refractivity (Wildman–Crippen MR) is 153 cm³/mol. The van der Waals surface area contributed by atoms with Crippen LogP contribution in [0, 0.1) is 11.6 Å². The van der Waals surface area contributed by atoms with Gasteiger partial charge < -0.3 is 19.8 Å². The molecule has 2 N–H and O–H groups in total. The number of fused-ring (bicyclic) bond motifs is 1. The third-order valence-electron chi connectivity index (χ3n) is 6.40. The Kier molecular flexibility index (Phi) is 6.89. The van der Waals surface area contributed by atoms with E-state index in [1.54, 1.807) is 7.05 Å². The maximum absolute atomic E-state index is 15.3. The first kappa shape index (κ1) is 26.4. The van der Waals surface area contributed by atoms with E-state index in [0.29, 0.717) is 16.6 Å². The third kappa shape index (κ3) is 5.06. The summed E-state index contributed by atoms with van der Waals surface area (Å²) in [7, 11) is 1.63. The van der Waals surface area contributed by atoms with E-state index in [-0.39, 0.29) is 34.5 Å². The normalized spacial score (nSPS) is 10.9. The van der Waals surface area contributed by atoms with Crippen molar-refractivity contribution >= 4 is 28.6 Å². The molecule has 0 spiro atoms. The maximum Gasteiger partial charge on any atom is 0.267 e. The molecule has 0 fully saturated rings. The zero-order valence-electron chi connectivity index (χ0n) is 22.0. The Balaban J connectivity index is 1.28. The number of pyridine rings is 1. The Hall–Kier alpha value is -5.84. The standard InChI is InChI=1S/C31H21F2N5O4/c1-34-31-36-28-26(23(17-41-28)18-6-3-2-4-7-18)29(37-31)42-25-14-11-20(16-24(25)33)35-27(39)22-8-5-15-38(30(22)40)21-12-9-19(32)10-13-21/h2-17H,1H3,(H,35,39)(H,34,36,37). The zero-order chi connectivity index (χ0) is 29.2. The van der Waals surface area contributed by atoms with Crippen LogP contribution in [0.2, 0.25) is 0 Å². The molecule has 3 heterocycles. The molecule has 0 unspecified atom stereocenters. The van der Waals surface area contributed by atoms with Crippen LogP contribution in [0.1, 0.15) is 10.4 Å². The average Bonchev–Trinajstić information content (AvgIpc) is 3.44. The first-order chi connectivity index (χ1) is 20.4. The van der Waals surface area contributed by atoms with E-state index >= 15 is 4.39 Å². The summed E-state index contributed by atoms with van der Waals surface area (Å²) in [6, 6.07) is 21.4. The van der Waals surface area contributed by atoms with Crippen LogP contribution in [0.5, 0.6) is 11.6 Å². The minimum Gasteiger partial charge on any atom is -0.445 e. The summed E-state index contributed by atoms with van der Waals surface area (Å²) in [6.07, 6.45) is 2.99. The van der Waals surface area contributed by atoms with Gasteiger partial charge in [-0.2, -0.15) is 9.97 Å². The number of anilines is 2. The monoisotopic (exact) mass is 565 g/mol. The Morgan fingerprint density at radius 2 is 1.74 bits per heavy atom. The number of nitrogens with one attached hydrogen (secondary N) is 2. The van der Waals surface area contributed by atoms with Gasteiger partial charge in [0.2, 0.25) is 17.5 Å². The van der Waals surface area contributed by atoms with E-state index in [1.165, 1.54) is 65.6 Å². The molecule has 0 aliphatic rings. The number of hydrogen-bond acceptors (Lipinski definition) is 7. The zero-order valence-corrected chi connectivity index (χ0v) is 22.0. The van der Waals surface area contributed by atoms with E-state index in [0.717, 1.165) is 11.6 Å². The number of amides is 1. The molecule has 208 valence electrons. The molecular weight excluding hydrogens is 544 g/mol. The van der Waals surface area contributed by atoms with Gasteiger partial charge in [-0.1, -0.05) is 30.3 Å². The number of furan rings is 1. The number of benzene rings is 3. The van der Waals surface area contributed by atoms with Crippen LogP contribution in [0.3, 0.4) is 0 Å². The van der Waals surface area contributed by atoms with Gasteiger partial charge in [0.1, 0.15) is 23.0 Å². The molecule has 6 rings (SSSR count). The SMILES string of the molecule is CNc1nc(Oc2ccc(NC(=O)c3cccn(-c4ccc(F)cc4)c3=O)cc2F)c2c(-c3ccccc3)coc2n1. The van der Waals surface area contributed by atoms with Gasteiger partial charge in [0.05, 0.1) is 0 Å². The molecule has 1 amide bonds. The molecule has 11 heteroatoms. The van der Waals surface area contributed by atoms with Crippen LogP contribution >= 0.6 is 0 Å². The number of aromatic nitrogens is 3. The molecular formula is C31H21F2N5O4. The number of carbonyl (C=O) groups excluding carboxylic acids is 1. The van der Waals surface area contributed by atoms with Crippen LogP contribution in [0.15, 0.2) is 107 Å². The topological polar surface area (TPSA) is 111 Å². The summed E-state index contributed by atoms with van der Waals surface area (Å²) >= 11 is 0. The Bertz CT molecular complexity index is 1990. The highest BCUT2D eigenvalue weighted by Crippen LogP contribution is 2.38. The van der Waals surface area contributed by atoms with Crippen molar-refractivity contribution in [2.75, 3.05) is 17.7 Å². The summed E-state index contributed by atoms with van der Waals surface area (Å²) in [5.41, 5.74) is 1.43. The van der Waals surface area contributed by atoms with Gasteiger partial charge in [-0.25, -0.2) is 8.78 Å². The molecule has 0 saturated carbocycles. The fourth-order valence-corrected chi connectivity index (χ4v) is 4.36. The fraction of sp³-hybridized carbons (Fsp3) is 0.0323. The predicted octanol–water partition coefficient (Wildman–Crippen LogP) is 6.41. The van der Waals surface area contributed by atoms with Crippen LogP contribution in [0.25, 0.3) is 27.9 Å². The van der Waals surface area contributed by atoms with Crippen LogP contribution in [-0.2, 0) is 0 Å². The maximum atomic E-state index is 15.3. The summed E-state index contributed by atoms with van der Waals surface area (Å²) < 4.78 is 41.3. The average molecular weight is 566 g/mol. The highest BCUT2D eigenvalue weighted by molar-refractivity contribution is 6.04. The molecule has 0 bridgehead atoms. The van der Waals surface area contributed by atoms with Crippen molar-refractivity contribution in [3.63, 3.8) is 0 Å². The van der Waals surface area contributed by atoms with Crippen molar-refractivity contribution < 1.29 is 22.7 Å². The van der Waals surface area contributed by atoms with E-state index in [4.69, 9.17) is 9.15 Å². The molecule has 42 heavy (non-hydrogen) atoms. The Labute approximate surface area is 237 Å². The molecule has 0 radical (unpaired) electrons. The van der Waals surface area contributed by atoms with Gasteiger partial charge >= 0.3 is 0 Å². The number of nitrogens with zero attached hydrogens (tertiary/aromatic N) is 3. The quantitative estimate of drug-likeness (QED) is 0.230. The van der Waals surface area contributed by atoms with Crippen molar-refractivity contribution in [1.29, 1.82) is 0 Å². The second-order valence-electron chi connectivity index (χ2n) is 9.07. The Morgan fingerprint density at radius 3 is 2.48 bits per heavy atom. The van der Waals surface area contributed by atoms with Crippen LogP contribution in [-0.4, -0.2) is 27.5 Å². The van der Waals surface area contributed by atoms with Crippen molar-refractivity contribution in [1.82, 2.24) is 14.5 Å². The highest BCUT2D eigenvalue weighted by Gasteiger charge is 2.20. The molecule has 0 aliphatic heterocycles. The van der Waals surface area contributed by atoms with Crippen LogP contribution in [0.4, 0.5) is 20.4 Å². The molecule has 6 aromatic rings. The van der Waals surface area contributed by atoms with Gasteiger partial charge in [-0.3, -0.25) is 14.2 Å². The number of hydrogen-bond donors (Lipinski definition) is 2. The van der Waals surface area contributed by atoms with Crippen molar-refractivity contribution in [3.8, 4) is 28.4 Å². The summed E-state index contributed by atoms with van der Waals surface area (Å²) in [5.74, 6) is -1.86. The minimum absolute atomic E-state index is 0.0678. The van der Waals surface area contributed by atoms with Gasteiger partial charge in [0.15, 0.2) is 11.6 Å². The molecule has 9 nitrogen and oxygen atoms in total. The second-order valence-corrected chi connectivity index (χ2v) is 9.07. The van der Waals surface area contributed by atoms with Gasteiger partial charge in [0.25, 0.3) is 11.5 Å². The minimum atomic E-state index is -0.785. The number of ether oxygens (including phenoxy) is 1. The highest BCUT2D eigenvalue weighted by atomic mass is 19.1. The van der Waals surface area contributed by atoms with E-state index < -0.39 is 23.1 Å². The third-order valence-corrected chi connectivity index (χ3v) is 6.40. The molecule has 0 atom stereocenters. The van der Waals surface area contributed by atoms with Crippen molar-refractivity contribution in [3.05, 3.63) is 125 Å². The number of halogens is 2. The lowest BCUT2D eigenvalue weighted by Crippen LogP contribution is -2.27. The molecule has 3 aromatic heterocycles. The molecule has 0 aliphatic carbocycles. The van der Waals surface area contributed by atoms with E-state index in [2.05, 4.69) is 20.6 Å². The lowest BCUT2D eigenvalue weighted by Gasteiger charge is -2.11. The van der Waals surface area contributed by atoms with Crippen molar-refractivity contribution in [2.45, 2.75) is 0 Å². The van der Waals surface area contributed by atoms with Gasteiger partial charge in [0, 0.05) is 36.2 Å². The summed E-state index contributed by atoms with van der Waals surface area (Å²) in [6.45, 7) is 0. The molecule has 3 aromatic carbocycles. The van der Waals surface area contributed by atoms with E-state index in [9.17, 15) is 14.0 Å². The van der Waals surface area contributed by atoms with Crippen molar-refractivity contribution in [2.24, 2.45) is 0 Å². The largest absolute Gasteiger partial charge is 0.445 e. The lowest BCUT2D eigenvalue weighted by molar-refractivity contribution is 0.102. The first-order valence-electron chi connectivity index (χ1n) is 12.7. The second kappa shape index (κ2) is 11.0. The van der Waals surface area contributed by atoms with Crippen LogP contribution < -0.4 is 20.9 Å². The van der Waals surface area contributed by atoms with Gasteiger partial charge in [-0.05, 0) is 54.1 Å².